The second-order valence-corrected chi connectivity index (χ2v) is 4.25. The summed E-state index contributed by atoms with van der Waals surface area (Å²) in [4.78, 5) is 10.7. The first-order valence-electron chi connectivity index (χ1n) is 3.18. The number of hydrogen-bond donors (Lipinski definition) is 1. The molecule has 0 saturated heterocycles. The number of carboxylic acids is 1. The van der Waals surface area contributed by atoms with Gasteiger partial charge in [0.15, 0.2) is 0 Å². The highest BCUT2D eigenvalue weighted by molar-refractivity contribution is 14.1. The van der Waals surface area contributed by atoms with E-state index in [2.05, 4.69) is 15.9 Å². The third-order valence-corrected chi connectivity index (χ3v) is 2.86. The lowest BCUT2D eigenvalue weighted by Crippen LogP contribution is -2.01. The average molecular weight is 352 g/mol. The van der Waals surface area contributed by atoms with Crippen LogP contribution in [0.2, 0.25) is 0 Å². The molecule has 0 aliphatic rings. The fourth-order valence-electron chi connectivity index (χ4n) is 0.842. The van der Waals surface area contributed by atoms with Crippen LogP contribution in [0.15, 0.2) is 16.6 Å². The molecule has 1 aromatic rings. The molecule has 0 saturated carbocycles. The zero-order chi connectivity index (χ0) is 10.0. The average Bonchev–Trinajstić information content (AvgIpc) is 2.02. The zero-order valence-corrected chi connectivity index (χ0v) is 9.96. The Balaban J connectivity index is 3.42. The van der Waals surface area contributed by atoms with Crippen LogP contribution in [0.25, 0.3) is 0 Å². The van der Waals surface area contributed by atoms with Crippen molar-refractivity contribution in [2.75, 3.05) is 0 Å². The summed E-state index contributed by atoms with van der Waals surface area (Å²) < 4.78 is 0.986. The van der Waals surface area contributed by atoms with Gasteiger partial charge in [-0.15, -0.1) is 0 Å². The smallest absolute Gasteiger partial charge is 0.337 e. The molecule has 5 heteroatoms. The molecule has 1 rings (SSSR count). The van der Waals surface area contributed by atoms with Gasteiger partial charge in [0.1, 0.15) is 0 Å². The maximum Gasteiger partial charge on any atom is 0.337 e. The predicted octanol–water partition coefficient (Wildman–Crippen LogP) is 2.62. The standard InChI is InChI=1S/C8H3BrINO2/c9-5-1-4(3-11)2-6(10)7(5)8(12)13/h1-2H,(H,12,13). The molecule has 0 amide bonds. The summed E-state index contributed by atoms with van der Waals surface area (Å²) in [6.45, 7) is 0. The maximum atomic E-state index is 10.7. The quantitative estimate of drug-likeness (QED) is 0.791. The van der Waals surface area contributed by atoms with E-state index in [1.165, 1.54) is 12.1 Å². The van der Waals surface area contributed by atoms with Crippen molar-refractivity contribution in [1.29, 1.82) is 5.26 Å². The molecule has 0 heterocycles. The van der Waals surface area contributed by atoms with Crippen LogP contribution in [-0.2, 0) is 0 Å². The molecule has 1 aromatic carbocycles. The van der Waals surface area contributed by atoms with Crippen LogP contribution in [-0.4, -0.2) is 11.1 Å². The van der Waals surface area contributed by atoms with E-state index in [9.17, 15) is 4.79 Å². The minimum atomic E-state index is -0.999. The van der Waals surface area contributed by atoms with Crippen molar-refractivity contribution in [2.24, 2.45) is 0 Å². The second-order valence-electron chi connectivity index (χ2n) is 2.23. The van der Waals surface area contributed by atoms with Gasteiger partial charge in [-0.25, -0.2) is 4.79 Å². The van der Waals surface area contributed by atoms with E-state index in [-0.39, 0.29) is 5.56 Å². The summed E-state index contributed by atoms with van der Waals surface area (Å²) in [5.41, 5.74) is 0.640. The number of benzene rings is 1. The van der Waals surface area contributed by atoms with Gasteiger partial charge in [0, 0.05) is 8.04 Å². The molecule has 0 bridgehead atoms. The van der Waals surface area contributed by atoms with E-state index in [0.29, 0.717) is 13.6 Å². The number of aromatic carboxylic acids is 1. The van der Waals surface area contributed by atoms with E-state index >= 15 is 0 Å². The Labute approximate surface area is 96.6 Å². The van der Waals surface area contributed by atoms with Crippen LogP contribution in [0.4, 0.5) is 0 Å². The van der Waals surface area contributed by atoms with Gasteiger partial charge < -0.3 is 5.11 Å². The molecule has 1 N–H and O–H groups in total. The van der Waals surface area contributed by atoms with E-state index in [1.54, 1.807) is 0 Å². The molecule has 0 fully saturated rings. The minimum absolute atomic E-state index is 0.194. The fraction of sp³-hybridized carbons (Fsp3) is 0. The molecular formula is C8H3BrINO2. The van der Waals surface area contributed by atoms with E-state index < -0.39 is 5.97 Å². The summed E-state index contributed by atoms with van der Waals surface area (Å²) in [6, 6.07) is 4.98. The molecule has 0 atom stereocenters. The Kier molecular flexibility index (Phi) is 3.27. The summed E-state index contributed by atoms with van der Waals surface area (Å²) in [7, 11) is 0. The Hall–Kier alpha value is -0.610. The highest BCUT2D eigenvalue weighted by Crippen LogP contribution is 2.24. The monoisotopic (exact) mass is 351 g/mol. The first-order chi connectivity index (χ1) is 6.06. The van der Waals surface area contributed by atoms with Crippen LogP contribution < -0.4 is 0 Å². The van der Waals surface area contributed by atoms with Gasteiger partial charge in [0.2, 0.25) is 0 Å². The molecular weight excluding hydrogens is 349 g/mol. The Bertz CT molecular complexity index is 388. The molecule has 0 spiro atoms. The van der Waals surface area contributed by atoms with Crippen molar-refractivity contribution in [3.63, 3.8) is 0 Å². The molecule has 3 nitrogen and oxygen atoms in total. The summed E-state index contributed by atoms with van der Waals surface area (Å²) in [6.07, 6.45) is 0. The van der Waals surface area contributed by atoms with E-state index in [4.69, 9.17) is 10.4 Å². The van der Waals surface area contributed by atoms with Gasteiger partial charge in [0.05, 0.1) is 17.2 Å². The van der Waals surface area contributed by atoms with Crippen LogP contribution in [0, 0.1) is 14.9 Å². The summed E-state index contributed by atoms with van der Waals surface area (Å²) in [5, 5.41) is 17.4. The van der Waals surface area contributed by atoms with Crippen molar-refractivity contribution in [3.05, 3.63) is 31.3 Å². The van der Waals surface area contributed by atoms with Gasteiger partial charge >= 0.3 is 5.97 Å². The maximum absolute atomic E-state index is 10.7. The molecule has 0 unspecified atom stereocenters. The Morgan fingerprint density at radius 2 is 2.23 bits per heavy atom. The normalized spacial score (nSPS) is 9.31. The minimum Gasteiger partial charge on any atom is -0.478 e. The fourth-order valence-corrected chi connectivity index (χ4v) is 2.70. The molecule has 0 aliphatic heterocycles. The highest BCUT2D eigenvalue weighted by Gasteiger charge is 2.13. The second kappa shape index (κ2) is 4.07. The summed E-state index contributed by atoms with van der Waals surface area (Å²) in [5.74, 6) is -0.999. The van der Waals surface area contributed by atoms with Crippen LogP contribution in [0.5, 0.6) is 0 Å². The molecule has 0 aromatic heterocycles. The van der Waals surface area contributed by atoms with E-state index in [1.807, 2.05) is 28.7 Å². The van der Waals surface area contributed by atoms with Gasteiger partial charge in [-0.1, -0.05) is 0 Å². The number of nitriles is 1. The topological polar surface area (TPSA) is 61.1 Å². The van der Waals surface area contributed by atoms with Crippen LogP contribution in [0.3, 0.4) is 0 Å². The van der Waals surface area contributed by atoms with Crippen molar-refractivity contribution in [3.8, 4) is 6.07 Å². The molecule has 66 valence electrons. The lowest BCUT2D eigenvalue weighted by Gasteiger charge is -2.02. The first-order valence-corrected chi connectivity index (χ1v) is 5.06. The first kappa shape index (κ1) is 10.5. The van der Waals surface area contributed by atoms with Crippen molar-refractivity contribution >= 4 is 44.5 Å². The number of carboxylic acid groups (broad SMARTS) is 1. The number of nitrogens with zero attached hydrogens (tertiary/aromatic N) is 1. The number of rotatable bonds is 1. The Morgan fingerprint density at radius 1 is 1.62 bits per heavy atom. The van der Waals surface area contributed by atoms with Crippen LogP contribution in [0.1, 0.15) is 15.9 Å². The number of halogens is 2. The third kappa shape index (κ3) is 2.19. The Morgan fingerprint density at radius 3 is 2.62 bits per heavy atom. The highest BCUT2D eigenvalue weighted by atomic mass is 127. The van der Waals surface area contributed by atoms with Crippen molar-refractivity contribution < 1.29 is 9.90 Å². The number of carbonyl (C=O) groups is 1. The number of hydrogen-bond acceptors (Lipinski definition) is 2. The molecule has 0 aliphatic carbocycles. The van der Waals surface area contributed by atoms with Gasteiger partial charge in [-0.05, 0) is 50.7 Å². The third-order valence-electron chi connectivity index (χ3n) is 1.39. The lowest BCUT2D eigenvalue weighted by atomic mass is 10.1. The van der Waals surface area contributed by atoms with Gasteiger partial charge in [0.25, 0.3) is 0 Å². The SMILES string of the molecule is N#Cc1cc(Br)c(C(=O)O)c(I)c1. The van der Waals surface area contributed by atoms with E-state index in [0.717, 1.165) is 0 Å². The van der Waals surface area contributed by atoms with Crippen molar-refractivity contribution in [2.45, 2.75) is 0 Å². The van der Waals surface area contributed by atoms with Crippen molar-refractivity contribution in [1.82, 2.24) is 0 Å². The summed E-state index contributed by atoms with van der Waals surface area (Å²) >= 11 is 4.99. The van der Waals surface area contributed by atoms with Gasteiger partial charge in [-0.3, -0.25) is 0 Å². The van der Waals surface area contributed by atoms with Crippen LogP contribution >= 0.6 is 38.5 Å². The lowest BCUT2D eigenvalue weighted by molar-refractivity contribution is 0.0694. The predicted molar refractivity (Wildman–Crippen MR) is 58.5 cm³/mol. The molecule has 0 radical (unpaired) electrons. The zero-order valence-electron chi connectivity index (χ0n) is 6.21. The molecule has 13 heavy (non-hydrogen) atoms. The van der Waals surface area contributed by atoms with Gasteiger partial charge in [-0.2, -0.15) is 5.26 Å². The largest absolute Gasteiger partial charge is 0.478 e.